The van der Waals surface area contributed by atoms with Crippen LogP contribution < -0.4 is 10.9 Å². The second-order valence-electron chi connectivity index (χ2n) is 4.94. The van der Waals surface area contributed by atoms with Gasteiger partial charge in [-0.15, -0.1) is 0 Å². The number of aryl methyl sites for hydroxylation is 1. The van der Waals surface area contributed by atoms with Crippen LogP contribution in [0.3, 0.4) is 0 Å². The van der Waals surface area contributed by atoms with Gasteiger partial charge in [-0.2, -0.15) is 0 Å². The summed E-state index contributed by atoms with van der Waals surface area (Å²) in [6.07, 6.45) is 1.55. The van der Waals surface area contributed by atoms with Crippen LogP contribution in [0.4, 0.5) is 14.9 Å². The Bertz CT molecular complexity index is 727. The normalized spacial score (nSPS) is 10.3. The molecule has 1 N–H and O–H groups in total. The molecule has 0 atom stereocenters. The largest absolute Gasteiger partial charge is 0.322 e. The molecule has 0 saturated heterocycles. The number of pyridine rings is 1. The minimum absolute atomic E-state index is 0.148. The second kappa shape index (κ2) is 6.89. The number of amides is 2. The number of carbonyl (C=O) groups excluding carboxylic acids is 1. The number of hydrogen-bond donors (Lipinski definition) is 1. The van der Waals surface area contributed by atoms with E-state index in [0.717, 1.165) is 5.56 Å². The lowest BCUT2D eigenvalue weighted by atomic mass is 10.2. The van der Waals surface area contributed by atoms with Gasteiger partial charge in [0.25, 0.3) is 0 Å². The average molecular weight is 303 g/mol. The third-order valence-electron chi connectivity index (χ3n) is 3.27. The topological polar surface area (TPSA) is 54.3 Å². The highest BCUT2D eigenvalue weighted by Gasteiger charge is 2.13. The number of halogens is 1. The number of hydrogen-bond acceptors (Lipinski definition) is 2. The van der Waals surface area contributed by atoms with Crippen LogP contribution in [0.25, 0.3) is 0 Å². The summed E-state index contributed by atoms with van der Waals surface area (Å²) in [6, 6.07) is 8.79. The van der Waals surface area contributed by atoms with Crippen LogP contribution in [-0.4, -0.2) is 22.0 Å². The van der Waals surface area contributed by atoms with E-state index in [2.05, 4.69) is 5.32 Å². The van der Waals surface area contributed by atoms with E-state index < -0.39 is 0 Å². The first-order valence-electron chi connectivity index (χ1n) is 6.96. The Morgan fingerprint density at radius 3 is 2.73 bits per heavy atom. The number of nitrogens with zero attached hydrogens (tertiary/aromatic N) is 2. The molecule has 0 aliphatic heterocycles. The summed E-state index contributed by atoms with van der Waals surface area (Å²) in [5, 5.41) is 2.73. The Morgan fingerprint density at radius 1 is 1.32 bits per heavy atom. The Kier molecular flexibility index (Phi) is 4.93. The molecule has 1 aromatic heterocycles. The van der Waals surface area contributed by atoms with E-state index in [0.29, 0.717) is 18.8 Å². The fourth-order valence-electron chi connectivity index (χ4n) is 2.05. The van der Waals surface area contributed by atoms with Gasteiger partial charge < -0.3 is 14.8 Å². The fraction of sp³-hybridized carbons (Fsp3) is 0.250. The van der Waals surface area contributed by atoms with Crippen LogP contribution in [0.1, 0.15) is 12.5 Å². The third-order valence-corrected chi connectivity index (χ3v) is 3.27. The lowest BCUT2D eigenvalue weighted by molar-refractivity contribution is 0.212. The molecular formula is C16H18FN3O2. The number of benzene rings is 1. The van der Waals surface area contributed by atoms with Crippen molar-refractivity contribution in [1.29, 1.82) is 0 Å². The van der Waals surface area contributed by atoms with E-state index in [-0.39, 0.29) is 17.4 Å². The molecule has 0 aliphatic carbocycles. The lowest BCUT2D eigenvalue weighted by Gasteiger charge is -2.21. The van der Waals surface area contributed by atoms with E-state index >= 15 is 0 Å². The molecular weight excluding hydrogens is 285 g/mol. The van der Waals surface area contributed by atoms with Gasteiger partial charge in [0, 0.05) is 32.4 Å². The van der Waals surface area contributed by atoms with Crippen molar-refractivity contribution >= 4 is 11.7 Å². The number of carbonyl (C=O) groups is 1. The molecule has 0 saturated carbocycles. The highest BCUT2D eigenvalue weighted by molar-refractivity contribution is 5.89. The van der Waals surface area contributed by atoms with Crippen molar-refractivity contribution in [3.05, 3.63) is 64.3 Å². The van der Waals surface area contributed by atoms with Crippen molar-refractivity contribution in [2.45, 2.75) is 13.5 Å². The molecule has 2 rings (SSSR count). The van der Waals surface area contributed by atoms with Crippen LogP contribution >= 0.6 is 0 Å². The highest BCUT2D eigenvalue weighted by atomic mass is 19.1. The van der Waals surface area contributed by atoms with E-state index in [1.54, 1.807) is 36.3 Å². The summed E-state index contributed by atoms with van der Waals surface area (Å²) in [7, 11) is 1.61. The summed E-state index contributed by atoms with van der Waals surface area (Å²) in [4.78, 5) is 25.1. The van der Waals surface area contributed by atoms with Gasteiger partial charge in [0.15, 0.2) is 0 Å². The molecule has 0 spiro atoms. The second-order valence-corrected chi connectivity index (χ2v) is 4.94. The van der Waals surface area contributed by atoms with Crippen molar-refractivity contribution in [3.63, 3.8) is 0 Å². The molecule has 6 heteroatoms. The summed E-state index contributed by atoms with van der Waals surface area (Å²) in [5.74, 6) is -0.327. The number of anilines is 1. The smallest absolute Gasteiger partial charge is 0.320 e. The minimum Gasteiger partial charge on any atom is -0.320 e. The zero-order chi connectivity index (χ0) is 16.1. The molecule has 0 radical (unpaired) electrons. The van der Waals surface area contributed by atoms with Crippen molar-refractivity contribution in [2.75, 3.05) is 11.9 Å². The fourth-order valence-corrected chi connectivity index (χ4v) is 2.05. The third kappa shape index (κ3) is 3.94. The van der Waals surface area contributed by atoms with Gasteiger partial charge in [0.05, 0.1) is 5.69 Å². The van der Waals surface area contributed by atoms with Gasteiger partial charge >= 0.3 is 6.03 Å². The molecule has 0 bridgehead atoms. The van der Waals surface area contributed by atoms with Crippen LogP contribution in [0, 0.1) is 5.82 Å². The van der Waals surface area contributed by atoms with Gasteiger partial charge in [0.1, 0.15) is 5.82 Å². The van der Waals surface area contributed by atoms with E-state index in [1.165, 1.54) is 22.8 Å². The maximum absolute atomic E-state index is 13.2. The van der Waals surface area contributed by atoms with E-state index in [9.17, 15) is 14.0 Å². The van der Waals surface area contributed by atoms with Crippen LogP contribution in [0.15, 0.2) is 47.4 Å². The molecule has 1 aromatic carbocycles. The Labute approximate surface area is 128 Å². The van der Waals surface area contributed by atoms with Crippen molar-refractivity contribution in [3.8, 4) is 0 Å². The van der Waals surface area contributed by atoms with Crippen LogP contribution in [0.2, 0.25) is 0 Å². The van der Waals surface area contributed by atoms with Crippen LogP contribution in [0.5, 0.6) is 0 Å². The molecule has 5 nitrogen and oxygen atoms in total. The standard InChI is InChI=1S/C16H18FN3O2/c1-3-20(10-12-5-4-6-13(17)9-12)16(22)18-14-7-8-15(21)19(2)11-14/h4-9,11H,3,10H2,1-2H3,(H,18,22). The Balaban J connectivity index is 2.08. The van der Waals surface area contributed by atoms with Crippen molar-refractivity contribution in [1.82, 2.24) is 9.47 Å². The SMILES string of the molecule is CCN(Cc1cccc(F)c1)C(=O)Nc1ccc(=O)n(C)c1. The van der Waals surface area contributed by atoms with Gasteiger partial charge in [-0.25, -0.2) is 9.18 Å². The predicted molar refractivity (Wildman–Crippen MR) is 83.2 cm³/mol. The van der Waals surface area contributed by atoms with Gasteiger partial charge in [0.2, 0.25) is 5.56 Å². The molecule has 0 aliphatic rings. The summed E-state index contributed by atoms with van der Waals surface area (Å²) >= 11 is 0. The monoisotopic (exact) mass is 303 g/mol. The Hall–Kier alpha value is -2.63. The number of aromatic nitrogens is 1. The summed E-state index contributed by atoms with van der Waals surface area (Å²) in [5.41, 5.74) is 1.10. The summed E-state index contributed by atoms with van der Waals surface area (Å²) < 4.78 is 14.6. The minimum atomic E-state index is -0.327. The molecule has 0 unspecified atom stereocenters. The maximum Gasteiger partial charge on any atom is 0.322 e. The summed E-state index contributed by atoms with van der Waals surface area (Å²) in [6.45, 7) is 2.64. The zero-order valence-corrected chi connectivity index (χ0v) is 12.5. The molecule has 22 heavy (non-hydrogen) atoms. The maximum atomic E-state index is 13.2. The quantitative estimate of drug-likeness (QED) is 0.944. The van der Waals surface area contributed by atoms with Crippen molar-refractivity contribution in [2.24, 2.45) is 7.05 Å². The average Bonchev–Trinajstić information content (AvgIpc) is 2.48. The first-order chi connectivity index (χ1) is 10.5. The Morgan fingerprint density at radius 2 is 2.09 bits per heavy atom. The van der Waals surface area contributed by atoms with Gasteiger partial charge in [-0.1, -0.05) is 12.1 Å². The number of nitrogens with one attached hydrogen (secondary N) is 1. The molecule has 2 aromatic rings. The molecule has 2 amide bonds. The van der Waals surface area contributed by atoms with Crippen molar-refractivity contribution < 1.29 is 9.18 Å². The molecule has 1 heterocycles. The predicted octanol–water partition coefficient (Wildman–Crippen LogP) is 2.58. The number of urea groups is 1. The van der Waals surface area contributed by atoms with Gasteiger partial charge in [-0.3, -0.25) is 4.79 Å². The van der Waals surface area contributed by atoms with E-state index in [1.807, 2.05) is 6.92 Å². The van der Waals surface area contributed by atoms with Crippen LogP contribution in [-0.2, 0) is 13.6 Å². The zero-order valence-electron chi connectivity index (χ0n) is 12.5. The highest BCUT2D eigenvalue weighted by Crippen LogP contribution is 2.10. The number of rotatable bonds is 4. The molecule has 0 fully saturated rings. The van der Waals surface area contributed by atoms with Gasteiger partial charge in [-0.05, 0) is 30.7 Å². The molecule has 116 valence electrons. The first kappa shape index (κ1) is 15.8. The first-order valence-corrected chi connectivity index (χ1v) is 6.96. The lowest BCUT2D eigenvalue weighted by Crippen LogP contribution is -2.34. The van der Waals surface area contributed by atoms with E-state index in [4.69, 9.17) is 0 Å².